The summed E-state index contributed by atoms with van der Waals surface area (Å²) in [5.74, 6) is 0. The van der Waals surface area contributed by atoms with Gasteiger partial charge in [-0.3, -0.25) is 0 Å². The van der Waals surface area contributed by atoms with Gasteiger partial charge in [-0.05, 0) is 31.5 Å². The van der Waals surface area contributed by atoms with Crippen molar-refractivity contribution < 1.29 is 9.47 Å². The summed E-state index contributed by atoms with van der Waals surface area (Å²) in [7, 11) is 0. The molecule has 3 nitrogen and oxygen atoms in total. The lowest BCUT2D eigenvalue weighted by molar-refractivity contribution is -0.155. The Balaban J connectivity index is 2.04. The van der Waals surface area contributed by atoms with Gasteiger partial charge < -0.3 is 15.2 Å². The minimum absolute atomic E-state index is 0.0000463. The molecule has 0 aromatic rings. The van der Waals surface area contributed by atoms with Gasteiger partial charge in [-0.1, -0.05) is 0 Å². The second-order valence-electron chi connectivity index (χ2n) is 2.56. The number of hydrogen-bond acceptors (Lipinski definition) is 3. The van der Waals surface area contributed by atoms with Gasteiger partial charge in [-0.25, -0.2) is 0 Å². The lowest BCUT2D eigenvalue weighted by atomic mass is 10.2. The maximum Gasteiger partial charge on any atom is 0.157 e. The molecule has 0 aromatic heterocycles. The first-order chi connectivity index (χ1) is 5.43. The number of hydrogen-bond donors (Lipinski definition) is 1. The third-order valence-corrected chi connectivity index (χ3v) is 1.65. The van der Waals surface area contributed by atoms with E-state index >= 15 is 0 Å². The molecule has 1 aliphatic rings. The monoisotopic (exact) mass is 157 g/mol. The molecule has 0 saturated carbocycles. The zero-order valence-corrected chi connectivity index (χ0v) is 6.66. The second kappa shape index (κ2) is 5.16. The highest BCUT2D eigenvalue weighted by Gasteiger charge is 2.12. The summed E-state index contributed by atoms with van der Waals surface area (Å²) < 4.78 is 10.7. The van der Waals surface area contributed by atoms with E-state index in [-0.39, 0.29) is 6.29 Å². The molecule has 11 heavy (non-hydrogen) atoms. The third-order valence-electron chi connectivity index (χ3n) is 1.65. The average Bonchev–Trinajstić information content (AvgIpc) is 2.07. The summed E-state index contributed by atoms with van der Waals surface area (Å²) in [4.78, 5) is 0. The molecule has 64 valence electrons. The van der Waals surface area contributed by atoms with E-state index in [1.165, 1.54) is 12.6 Å². The van der Waals surface area contributed by atoms with Gasteiger partial charge in [0.1, 0.15) is 0 Å². The lowest BCUT2D eigenvalue weighted by Crippen LogP contribution is -2.22. The topological polar surface area (TPSA) is 44.5 Å². The minimum atomic E-state index is -0.0000463. The summed E-state index contributed by atoms with van der Waals surface area (Å²) in [6, 6.07) is 0. The fourth-order valence-corrected chi connectivity index (χ4v) is 1.06. The number of ether oxygens (including phenoxy) is 2. The van der Waals surface area contributed by atoms with Crippen LogP contribution in [0.5, 0.6) is 0 Å². The second-order valence-corrected chi connectivity index (χ2v) is 2.56. The van der Waals surface area contributed by atoms with Gasteiger partial charge >= 0.3 is 0 Å². The van der Waals surface area contributed by atoms with Crippen molar-refractivity contribution in [3.05, 3.63) is 12.3 Å². The van der Waals surface area contributed by atoms with E-state index in [2.05, 4.69) is 0 Å². The Bertz CT molecular complexity index is 119. The molecular formula is C8H15NO2. The largest absolute Gasteiger partial charge is 0.405 e. The first-order valence-electron chi connectivity index (χ1n) is 4.03. The molecule has 0 bridgehead atoms. The third kappa shape index (κ3) is 3.39. The van der Waals surface area contributed by atoms with Crippen molar-refractivity contribution in [3.63, 3.8) is 0 Å². The van der Waals surface area contributed by atoms with Crippen molar-refractivity contribution in [1.82, 2.24) is 0 Å². The zero-order valence-electron chi connectivity index (χ0n) is 6.66. The molecule has 0 aromatic carbocycles. The Labute approximate surface area is 67.2 Å². The van der Waals surface area contributed by atoms with E-state index in [0.29, 0.717) is 6.61 Å². The maximum absolute atomic E-state index is 5.33. The predicted octanol–water partition coefficient (Wildman–Crippen LogP) is 1.00. The Morgan fingerprint density at radius 3 is 3.09 bits per heavy atom. The van der Waals surface area contributed by atoms with Gasteiger partial charge in [-0.15, -0.1) is 0 Å². The fraction of sp³-hybridized carbons (Fsp3) is 0.750. The Kier molecular flexibility index (Phi) is 4.01. The van der Waals surface area contributed by atoms with Gasteiger partial charge in [0.25, 0.3) is 0 Å². The lowest BCUT2D eigenvalue weighted by Gasteiger charge is -2.21. The van der Waals surface area contributed by atoms with Crippen LogP contribution in [-0.2, 0) is 9.47 Å². The molecule has 3 heteroatoms. The van der Waals surface area contributed by atoms with Crippen LogP contribution in [0.4, 0.5) is 0 Å². The van der Waals surface area contributed by atoms with Crippen molar-refractivity contribution in [1.29, 1.82) is 0 Å². The van der Waals surface area contributed by atoms with Crippen LogP contribution in [0.25, 0.3) is 0 Å². The molecule has 1 aliphatic heterocycles. The van der Waals surface area contributed by atoms with E-state index < -0.39 is 0 Å². The molecule has 1 saturated heterocycles. The van der Waals surface area contributed by atoms with Crippen molar-refractivity contribution in [2.24, 2.45) is 5.73 Å². The van der Waals surface area contributed by atoms with Crippen LogP contribution in [0.3, 0.4) is 0 Å². The summed E-state index contributed by atoms with van der Waals surface area (Å²) in [6.45, 7) is 1.39. The van der Waals surface area contributed by atoms with Gasteiger partial charge in [-0.2, -0.15) is 0 Å². The molecule has 1 atom stereocenters. The molecule has 0 amide bonds. The Morgan fingerprint density at radius 2 is 2.45 bits per heavy atom. The zero-order chi connectivity index (χ0) is 7.94. The van der Waals surface area contributed by atoms with Crippen LogP contribution in [0.15, 0.2) is 12.3 Å². The van der Waals surface area contributed by atoms with Crippen molar-refractivity contribution in [2.45, 2.75) is 25.6 Å². The van der Waals surface area contributed by atoms with E-state index in [4.69, 9.17) is 15.2 Å². The standard InChI is InChI=1S/C8H15NO2/c9-5-3-7-11-8-4-1-2-6-10-8/h3,5,8H,1-2,4,6-7,9H2. The van der Waals surface area contributed by atoms with Crippen LogP contribution in [0, 0.1) is 0 Å². The molecule has 0 radical (unpaired) electrons. The summed E-state index contributed by atoms with van der Waals surface area (Å²) in [5, 5.41) is 0. The smallest absolute Gasteiger partial charge is 0.157 e. The van der Waals surface area contributed by atoms with Crippen LogP contribution < -0.4 is 5.73 Å². The average molecular weight is 157 g/mol. The normalized spacial score (nSPS) is 26.0. The molecule has 0 spiro atoms. The SMILES string of the molecule is NC=CCOC1CCCCO1. The molecule has 2 N–H and O–H groups in total. The van der Waals surface area contributed by atoms with Gasteiger partial charge in [0, 0.05) is 6.61 Å². The molecule has 1 unspecified atom stereocenters. The molecule has 1 rings (SSSR count). The van der Waals surface area contributed by atoms with Gasteiger partial charge in [0.15, 0.2) is 6.29 Å². The molecule has 1 fully saturated rings. The first kappa shape index (κ1) is 8.56. The van der Waals surface area contributed by atoms with Crippen molar-refractivity contribution >= 4 is 0 Å². The summed E-state index contributed by atoms with van der Waals surface area (Å²) >= 11 is 0. The number of rotatable bonds is 3. The fourth-order valence-electron chi connectivity index (χ4n) is 1.06. The highest BCUT2D eigenvalue weighted by molar-refractivity contribution is 4.74. The van der Waals surface area contributed by atoms with E-state index in [9.17, 15) is 0 Å². The van der Waals surface area contributed by atoms with E-state index in [1.807, 2.05) is 0 Å². The highest BCUT2D eigenvalue weighted by atomic mass is 16.7. The highest BCUT2D eigenvalue weighted by Crippen LogP contribution is 2.13. The molecule has 1 heterocycles. The van der Waals surface area contributed by atoms with E-state index in [0.717, 1.165) is 19.4 Å². The first-order valence-corrected chi connectivity index (χ1v) is 4.03. The van der Waals surface area contributed by atoms with Crippen LogP contribution in [0.2, 0.25) is 0 Å². The van der Waals surface area contributed by atoms with Crippen LogP contribution >= 0.6 is 0 Å². The quantitative estimate of drug-likeness (QED) is 0.664. The number of nitrogens with two attached hydrogens (primary N) is 1. The minimum Gasteiger partial charge on any atom is -0.405 e. The molecular weight excluding hydrogens is 142 g/mol. The predicted molar refractivity (Wildman–Crippen MR) is 42.9 cm³/mol. The Morgan fingerprint density at radius 1 is 1.55 bits per heavy atom. The van der Waals surface area contributed by atoms with Crippen LogP contribution in [0.1, 0.15) is 19.3 Å². The maximum atomic E-state index is 5.33. The van der Waals surface area contributed by atoms with Gasteiger partial charge in [0.2, 0.25) is 0 Å². The van der Waals surface area contributed by atoms with Gasteiger partial charge in [0.05, 0.1) is 6.61 Å². The Hall–Kier alpha value is -0.540. The van der Waals surface area contributed by atoms with Crippen LogP contribution in [-0.4, -0.2) is 19.5 Å². The molecule has 0 aliphatic carbocycles. The van der Waals surface area contributed by atoms with Crippen molar-refractivity contribution in [3.8, 4) is 0 Å². The summed E-state index contributed by atoms with van der Waals surface area (Å²) in [6.07, 6.45) is 6.64. The van der Waals surface area contributed by atoms with E-state index in [1.54, 1.807) is 6.08 Å². The summed E-state index contributed by atoms with van der Waals surface area (Å²) in [5.41, 5.74) is 5.14. The van der Waals surface area contributed by atoms with Crippen molar-refractivity contribution in [2.75, 3.05) is 13.2 Å².